The van der Waals surface area contributed by atoms with E-state index in [1.54, 1.807) is 30.3 Å². The van der Waals surface area contributed by atoms with Crippen LogP contribution in [0, 0.1) is 0 Å². The van der Waals surface area contributed by atoms with E-state index in [1.165, 1.54) is 6.92 Å². The summed E-state index contributed by atoms with van der Waals surface area (Å²) in [5, 5.41) is 3.20. The summed E-state index contributed by atoms with van der Waals surface area (Å²) >= 11 is 0. The molecule has 3 nitrogen and oxygen atoms in total. The van der Waals surface area contributed by atoms with Crippen LogP contribution in [-0.2, 0) is 22.8 Å². The third kappa shape index (κ3) is 4.96. The molecule has 3 atom stereocenters. The van der Waals surface area contributed by atoms with Crippen molar-refractivity contribution >= 4 is 0 Å². The fraction of sp³-hybridized carbons (Fsp3) is 0.429. The normalized spacial score (nSPS) is 23.9. The van der Waals surface area contributed by atoms with Crippen LogP contribution in [-0.4, -0.2) is 12.6 Å². The zero-order valence-corrected chi connectivity index (χ0v) is 16.1. The highest BCUT2D eigenvalue weighted by Crippen LogP contribution is 2.40. The molecule has 2 aromatic carbocycles. The summed E-state index contributed by atoms with van der Waals surface area (Å²) in [4.78, 5) is 0. The summed E-state index contributed by atoms with van der Waals surface area (Å²) in [5.74, 6) is 0. The Kier molecular flexibility index (Phi) is 6.18. The largest absolute Gasteiger partial charge is 0.416 e. The summed E-state index contributed by atoms with van der Waals surface area (Å²) in [6, 6.07) is 10.4. The number of hydrogen-bond donors (Lipinski definition) is 2. The fourth-order valence-electron chi connectivity index (χ4n) is 3.58. The third-order valence-electron chi connectivity index (χ3n) is 5.21. The molecule has 1 aliphatic heterocycles. The van der Waals surface area contributed by atoms with Crippen molar-refractivity contribution in [3.8, 4) is 0 Å². The monoisotopic (exact) mass is 432 g/mol. The Balaban J connectivity index is 1.99. The molecule has 0 aliphatic carbocycles. The first-order valence-electron chi connectivity index (χ1n) is 9.44. The molecule has 1 aliphatic rings. The number of hydrogen-bond acceptors (Lipinski definition) is 3. The Morgan fingerprint density at radius 2 is 1.57 bits per heavy atom. The molecule has 0 aromatic heterocycles. The predicted molar refractivity (Wildman–Crippen MR) is 99.3 cm³/mol. The molecular formula is C21H22F6N2O. The van der Waals surface area contributed by atoms with E-state index in [0.717, 1.165) is 5.56 Å². The smallest absolute Gasteiger partial charge is 0.349 e. The first kappa shape index (κ1) is 22.6. The third-order valence-corrected chi connectivity index (χ3v) is 5.21. The zero-order valence-electron chi connectivity index (χ0n) is 16.1. The highest BCUT2D eigenvalue weighted by Gasteiger charge is 2.40. The Morgan fingerprint density at radius 1 is 1.00 bits per heavy atom. The van der Waals surface area contributed by atoms with Crippen LogP contribution in [0.5, 0.6) is 0 Å². The lowest BCUT2D eigenvalue weighted by molar-refractivity contribution is -0.145. The summed E-state index contributed by atoms with van der Waals surface area (Å²) in [6.45, 7) is 1.84. The Bertz CT molecular complexity index is 826. The summed E-state index contributed by atoms with van der Waals surface area (Å²) < 4.78 is 85.4. The van der Waals surface area contributed by atoms with E-state index in [1.807, 2.05) is 0 Å². The van der Waals surface area contributed by atoms with E-state index in [9.17, 15) is 26.3 Å². The molecule has 0 radical (unpaired) electrons. The molecule has 1 saturated heterocycles. The van der Waals surface area contributed by atoms with Gasteiger partial charge < -0.3 is 10.5 Å². The fourth-order valence-corrected chi connectivity index (χ4v) is 3.58. The molecule has 0 amide bonds. The van der Waals surface area contributed by atoms with E-state index in [0.29, 0.717) is 31.5 Å². The number of rotatable bonds is 4. The molecule has 9 heteroatoms. The molecule has 3 rings (SSSR count). The van der Waals surface area contributed by atoms with Crippen molar-refractivity contribution in [3.63, 3.8) is 0 Å². The average Bonchev–Trinajstić information content (AvgIpc) is 2.69. The standard InChI is InChI=1S/C21H22F6N2O/c1-13(14-9-16(20(22,23)24)11-17(10-14)21(25,26)27)30-19(8-7-18(28)12-29-19)15-5-3-2-4-6-15/h2-6,9-11,13,18,29H,7-8,12,28H2,1H3. The van der Waals surface area contributed by atoms with Crippen molar-refractivity contribution in [1.82, 2.24) is 5.32 Å². The minimum atomic E-state index is -4.91. The molecule has 2 aromatic rings. The van der Waals surface area contributed by atoms with Gasteiger partial charge in [-0.05, 0) is 49.1 Å². The second-order valence-corrected chi connectivity index (χ2v) is 7.47. The van der Waals surface area contributed by atoms with Crippen LogP contribution in [0.15, 0.2) is 48.5 Å². The van der Waals surface area contributed by atoms with Crippen LogP contribution >= 0.6 is 0 Å². The van der Waals surface area contributed by atoms with Gasteiger partial charge in [-0.15, -0.1) is 0 Å². The van der Waals surface area contributed by atoms with Crippen LogP contribution in [0.2, 0.25) is 0 Å². The maximum Gasteiger partial charge on any atom is 0.416 e. The molecule has 1 fully saturated rings. The lowest BCUT2D eigenvalue weighted by atomic mass is 9.90. The summed E-state index contributed by atoms with van der Waals surface area (Å²) in [7, 11) is 0. The number of halogens is 6. The number of alkyl halides is 6. The van der Waals surface area contributed by atoms with E-state index >= 15 is 0 Å². The van der Waals surface area contributed by atoms with Gasteiger partial charge in [-0.3, -0.25) is 5.32 Å². The van der Waals surface area contributed by atoms with E-state index < -0.39 is 35.3 Å². The van der Waals surface area contributed by atoms with E-state index in [-0.39, 0.29) is 17.7 Å². The maximum absolute atomic E-state index is 13.2. The summed E-state index contributed by atoms with van der Waals surface area (Å²) in [6.07, 6.45) is -9.86. The van der Waals surface area contributed by atoms with Crippen molar-refractivity contribution in [1.29, 1.82) is 0 Å². The number of nitrogens with one attached hydrogen (secondary N) is 1. The lowest BCUT2D eigenvalue weighted by Crippen LogP contribution is -2.54. The van der Waals surface area contributed by atoms with Crippen LogP contribution in [0.3, 0.4) is 0 Å². The van der Waals surface area contributed by atoms with Crippen molar-refractivity contribution in [2.24, 2.45) is 5.73 Å². The van der Waals surface area contributed by atoms with Gasteiger partial charge in [0.25, 0.3) is 0 Å². The molecule has 3 unspecified atom stereocenters. The molecular weight excluding hydrogens is 410 g/mol. The SMILES string of the molecule is CC(OC1(c2ccccc2)CCC(N)CN1)c1cc(C(F)(F)F)cc(C(F)(F)F)c1. The van der Waals surface area contributed by atoms with Crippen molar-refractivity contribution in [3.05, 3.63) is 70.8 Å². The molecule has 0 bridgehead atoms. The van der Waals surface area contributed by atoms with Crippen LogP contribution in [0.25, 0.3) is 0 Å². The highest BCUT2D eigenvalue weighted by molar-refractivity contribution is 5.35. The van der Waals surface area contributed by atoms with Gasteiger partial charge in [0.15, 0.2) is 0 Å². The van der Waals surface area contributed by atoms with Crippen LogP contribution in [0.1, 0.15) is 48.1 Å². The Hall–Kier alpha value is -2.10. The van der Waals surface area contributed by atoms with Crippen LogP contribution in [0.4, 0.5) is 26.3 Å². The van der Waals surface area contributed by atoms with E-state index in [2.05, 4.69) is 5.32 Å². The van der Waals surface area contributed by atoms with Gasteiger partial charge in [-0.2, -0.15) is 26.3 Å². The van der Waals surface area contributed by atoms with Crippen molar-refractivity contribution in [2.45, 2.75) is 50.0 Å². The van der Waals surface area contributed by atoms with Gasteiger partial charge in [0.05, 0.1) is 17.2 Å². The van der Waals surface area contributed by atoms with Gasteiger partial charge in [-0.1, -0.05) is 30.3 Å². The Labute approximate surface area is 170 Å². The molecule has 164 valence electrons. The highest BCUT2D eigenvalue weighted by atomic mass is 19.4. The summed E-state index contributed by atoms with van der Waals surface area (Å²) in [5.41, 5.74) is 2.67. The molecule has 30 heavy (non-hydrogen) atoms. The average molecular weight is 432 g/mol. The van der Waals surface area contributed by atoms with Gasteiger partial charge >= 0.3 is 12.4 Å². The second-order valence-electron chi connectivity index (χ2n) is 7.47. The zero-order chi connectivity index (χ0) is 22.2. The first-order chi connectivity index (χ1) is 13.9. The van der Waals surface area contributed by atoms with Gasteiger partial charge in [0, 0.05) is 12.6 Å². The van der Waals surface area contributed by atoms with Crippen molar-refractivity contribution in [2.75, 3.05) is 6.54 Å². The molecule has 3 N–H and O–H groups in total. The number of piperidine rings is 1. The number of benzene rings is 2. The first-order valence-corrected chi connectivity index (χ1v) is 9.44. The molecule has 0 spiro atoms. The van der Waals surface area contributed by atoms with Crippen molar-refractivity contribution < 1.29 is 31.1 Å². The quantitative estimate of drug-likeness (QED) is 0.639. The van der Waals surface area contributed by atoms with Gasteiger partial charge in [0.1, 0.15) is 5.72 Å². The molecule has 0 saturated carbocycles. The molecule has 1 heterocycles. The second kappa shape index (κ2) is 8.20. The van der Waals surface area contributed by atoms with Gasteiger partial charge in [0.2, 0.25) is 0 Å². The number of ether oxygens (including phenoxy) is 1. The number of nitrogens with two attached hydrogens (primary N) is 1. The minimum absolute atomic E-state index is 0.112. The van der Waals surface area contributed by atoms with Gasteiger partial charge in [-0.25, -0.2) is 0 Å². The Morgan fingerprint density at radius 3 is 2.03 bits per heavy atom. The van der Waals surface area contributed by atoms with E-state index in [4.69, 9.17) is 10.5 Å². The topological polar surface area (TPSA) is 47.3 Å². The predicted octanol–water partition coefficient (Wildman–Crippen LogP) is 5.37. The lowest BCUT2D eigenvalue weighted by Gasteiger charge is -2.42. The maximum atomic E-state index is 13.2. The van der Waals surface area contributed by atoms with Crippen LogP contribution < -0.4 is 11.1 Å². The minimum Gasteiger partial charge on any atom is -0.349 e.